The third-order valence-electron chi connectivity index (χ3n) is 3.17. The SMILES string of the molecule is N#C/C(=C\Nc1ccccc1C(=O)O)c1nc2ccccc2o1. The number of para-hydroxylation sites is 3. The van der Waals surface area contributed by atoms with Gasteiger partial charge in [0.1, 0.15) is 17.2 Å². The Labute approximate surface area is 131 Å². The molecule has 0 amide bonds. The Hall–Kier alpha value is -3.59. The number of carbonyl (C=O) groups is 1. The molecule has 2 N–H and O–H groups in total. The molecule has 0 spiro atoms. The minimum atomic E-state index is -1.05. The molecule has 23 heavy (non-hydrogen) atoms. The molecule has 6 heteroatoms. The van der Waals surface area contributed by atoms with Gasteiger partial charge in [0, 0.05) is 6.20 Å². The largest absolute Gasteiger partial charge is 0.478 e. The zero-order valence-corrected chi connectivity index (χ0v) is 11.9. The van der Waals surface area contributed by atoms with E-state index in [1.165, 1.54) is 12.3 Å². The van der Waals surface area contributed by atoms with Gasteiger partial charge < -0.3 is 14.8 Å². The summed E-state index contributed by atoms with van der Waals surface area (Å²) in [4.78, 5) is 15.4. The van der Waals surface area contributed by atoms with Gasteiger partial charge in [-0.15, -0.1) is 0 Å². The molecule has 0 saturated carbocycles. The summed E-state index contributed by atoms with van der Waals surface area (Å²) in [7, 11) is 0. The highest BCUT2D eigenvalue weighted by Gasteiger charge is 2.12. The van der Waals surface area contributed by atoms with E-state index < -0.39 is 5.97 Å². The summed E-state index contributed by atoms with van der Waals surface area (Å²) >= 11 is 0. The predicted octanol–water partition coefficient (Wildman–Crippen LogP) is 3.50. The zero-order valence-electron chi connectivity index (χ0n) is 11.9. The van der Waals surface area contributed by atoms with Crippen LogP contribution in [0.15, 0.2) is 59.1 Å². The van der Waals surface area contributed by atoms with Crippen LogP contribution in [0.5, 0.6) is 0 Å². The normalized spacial score (nSPS) is 11.2. The van der Waals surface area contributed by atoms with E-state index in [4.69, 9.17) is 9.52 Å². The van der Waals surface area contributed by atoms with Gasteiger partial charge in [0.2, 0.25) is 5.89 Å². The number of oxazole rings is 1. The van der Waals surface area contributed by atoms with Crippen LogP contribution in [0.4, 0.5) is 5.69 Å². The lowest BCUT2D eigenvalue weighted by Gasteiger charge is -2.05. The van der Waals surface area contributed by atoms with Gasteiger partial charge in [0.25, 0.3) is 0 Å². The summed E-state index contributed by atoms with van der Waals surface area (Å²) in [5, 5.41) is 21.3. The van der Waals surface area contributed by atoms with Crippen molar-refractivity contribution < 1.29 is 14.3 Å². The van der Waals surface area contributed by atoms with Gasteiger partial charge in [-0.3, -0.25) is 0 Å². The molecule has 0 bridgehead atoms. The van der Waals surface area contributed by atoms with E-state index in [1.807, 2.05) is 18.2 Å². The number of nitrogens with zero attached hydrogens (tertiary/aromatic N) is 2. The van der Waals surface area contributed by atoms with E-state index in [9.17, 15) is 10.1 Å². The highest BCUT2D eigenvalue weighted by Crippen LogP contribution is 2.21. The lowest BCUT2D eigenvalue weighted by Crippen LogP contribution is -2.02. The number of nitriles is 1. The van der Waals surface area contributed by atoms with E-state index >= 15 is 0 Å². The first-order valence-electron chi connectivity index (χ1n) is 6.74. The Balaban J connectivity index is 1.94. The fraction of sp³-hybridized carbons (Fsp3) is 0. The number of anilines is 1. The van der Waals surface area contributed by atoms with Crippen LogP contribution in [0.25, 0.3) is 16.7 Å². The first-order chi connectivity index (χ1) is 11.2. The van der Waals surface area contributed by atoms with E-state index in [-0.39, 0.29) is 17.0 Å². The van der Waals surface area contributed by atoms with Gasteiger partial charge >= 0.3 is 5.97 Å². The van der Waals surface area contributed by atoms with Crippen LogP contribution in [-0.4, -0.2) is 16.1 Å². The van der Waals surface area contributed by atoms with Crippen LogP contribution in [0.2, 0.25) is 0 Å². The number of aromatic nitrogens is 1. The summed E-state index contributed by atoms with van der Waals surface area (Å²) in [5.74, 6) is -0.879. The van der Waals surface area contributed by atoms with Crippen molar-refractivity contribution in [2.45, 2.75) is 0 Å². The molecule has 0 fully saturated rings. The van der Waals surface area contributed by atoms with Crippen LogP contribution in [0, 0.1) is 11.3 Å². The maximum absolute atomic E-state index is 11.2. The molecule has 0 aliphatic heterocycles. The Morgan fingerprint density at radius 3 is 2.70 bits per heavy atom. The Kier molecular flexibility index (Phi) is 3.77. The summed E-state index contributed by atoms with van der Waals surface area (Å²) in [6.07, 6.45) is 1.38. The second kappa shape index (κ2) is 6.03. The Bertz CT molecular complexity index is 918. The molecule has 6 nitrogen and oxygen atoms in total. The number of carboxylic acid groups (broad SMARTS) is 1. The van der Waals surface area contributed by atoms with Gasteiger partial charge in [0.05, 0.1) is 11.3 Å². The number of aromatic carboxylic acids is 1. The first-order valence-corrected chi connectivity index (χ1v) is 6.74. The Morgan fingerprint density at radius 1 is 1.22 bits per heavy atom. The number of carboxylic acids is 1. The van der Waals surface area contributed by atoms with E-state index in [0.717, 1.165) is 0 Å². The number of fused-ring (bicyclic) bond motifs is 1. The van der Waals surface area contributed by atoms with Crippen LogP contribution in [0.1, 0.15) is 16.2 Å². The summed E-state index contributed by atoms with van der Waals surface area (Å²) in [5.41, 5.74) is 1.88. The van der Waals surface area contributed by atoms with Crippen molar-refractivity contribution >= 4 is 28.3 Å². The van der Waals surface area contributed by atoms with E-state index in [0.29, 0.717) is 16.8 Å². The highest BCUT2D eigenvalue weighted by atomic mass is 16.4. The number of nitrogens with one attached hydrogen (secondary N) is 1. The van der Waals surface area contributed by atoms with Crippen LogP contribution in [0.3, 0.4) is 0 Å². The topological polar surface area (TPSA) is 99.2 Å². The zero-order chi connectivity index (χ0) is 16.2. The molecule has 3 aromatic rings. The van der Waals surface area contributed by atoms with Crippen LogP contribution in [-0.2, 0) is 0 Å². The van der Waals surface area contributed by atoms with Gasteiger partial charge in [-0.25, -0.2) is 9.78 Å². The highest BCUT2D eigenvalue weighted by molar-refractivity contribution is 5.94. The first kappa shape index (κ1) is 14.4. The molecule has 0 aliphatic rings. The molecule has 0 saturated heterocycles. The summed E-state index contributed by atoms with van der Waals surface area (Å²) < 4.78 is 5.53. The number of allylic oxidation sites excluding steroid dienone is 1. The average molecular weight is 305 g/mol. The van der Waals surface area contributed by atoms with Gasteiger partial charge in [-0.05, 0) is 24.3 Å². The monoisotopic (exact) mass is 305 g/mol. The van der Waals surface area contributed by atoms with Gasteiger partial charge in [-0.2, -0.15) is 5.26 Å². The molecule has 1 aromatic heterocycles. The van der Waals surface area contributed by atoms with E-state index in [2.05, 4.69) is 10.3 Å². The molecule has 0 radical (unpaired) electrons. The van der Waals surface area contributed by atoms with Crippen molar-refractivity contribution in [3.63, 3.8) is 0 Å². The molecule has 3 rings (SSSR count). The molecular weight excluding hydrogens is 294 g/mol. The maximum Gasteiger partial charge on any atom is 0.337 e. The van der Waals surface area contributed by atoms with Crippen molar-refractivity contribution in [3.05, 3.63) is 66.2 Å². The molecule has 2 aromatic carbocycles. The lowest BCUT2D eigenvalue weighted by molar-refractivity contribution is 0.0698. The van der Waals surface area contributed by atoms with Crippen LogP contribution < -0.4 is 5.32 Å². The Morgan fingerprint density at radius 2 is 1.96 bits per heavy atom. The number of hydrogen-bond acceptors (Lipinski definition) is 5. The van der Waals surface area contributed by atoms with Crippen molar-refractivity contribution in [3.8, 4) is 6.07 Å². The molecule has 0 atom stereocenters. The van der Waals surface area contributed by atoms with Crippen molar-refractivity contribution in [2.75, 3.05) is 5.32 Å². The number of hydrogen-bond donors (Lipinski definition) is 2. The predicted molar refractivity (Wildman–Crippen MR) is 84.6 cm³/mol. The van der Waals surface area contributed by atoms with Crippen LogP contribution >= 0.6 is 0 Å². The van der Waals surface area contributed by atoms with Gasteiger partial charge in [-0.1, -0.05) is 24.3 Å². The second-order valence-corrected chi connectivity index (χ2v) is 4.65. The van der Waals surface area contributed by atoms with Crippen molar-refractivity contribution in [1.29, 1.82) is 5.26 Å². The molecule has 0 unspecified atom stereocenters. The fourth-order valence-electron chi connectivity index (χ4n) is 2.07. The summed E-state index contributed by atoms with van der Waals surface area (Å²) in [6.45, 7) is 0. The maximum atomic E-state index is 11.2. The quantitative estimate of drug-likeness (QED) is 0.716. The third-order valence-corrected chi connectivity index (χ3v) is 3.17. The van der Waals surface area contributed by atoms with Crippen molar-refractivity contribution in [2.24, 2.45) is 0 Å². The third kappa shape index (κ3) is 2.89. The number of rotatable bonds is 4. The second-order valence-electron chi connectivity index (χ2n) is 4.65. The van der Waals surface area contributed by atoms with Gasteiger partial charge in [0.15, 0.2) is 5.58 Å². The fourth-order valence-corrected chi connectivity index (χ4v) is 2.07. The molecule has 0 aliphatic carbocycles. The lowest BCUT2D eigenvalue weighted by atomic mass is 10.2. The van der Waals surface area contributed by atoms with Crippen molar-refractivity contribution in [1.82, 2.24) is 4.98 Å². The molecule has 112 valence electrons. The standard InChI is InChI=1S/C17H11N3O3/c18-9-11(16-20-14-7-3-4-8-15(14)23-16)10-19-13-6-2-1-5-12(13)17(21)22/h1-8,10,19H,(H,21,22)/b11-10+. The van der Waals surface area contributed by atoms with E-state index in [1.54, 1.807) is 30.3 Å². The number of benzene rings is 2. The molecular formula is C17H11N3O3. The average Bonchev–Trinajstić information content (AvgIpc) is 2.99. The summed E-state index contributed by atoms with van der Waals surface area (Å²) in [6, 6.07) is 15.6. The smallest absolute Gasteiger partial charge is 0.337 e. The minimum Gasteiger partial charge on any atom is -0.478 e. The minimum absolute atomic E-state index is 0.110. The molecule has 1 heterocycles.